The molecule has 2 unspecified atom stereocenters. The molecule has 1 N–H and O–H groups in total. The van der Waals surface area contributed by atoms with Gasteiger partial charge in [-0.3, -0.25) is 0 Å². The second kappa shape index (κ2) is 5.99. The molecule has 138 valence electrons. The van der Waals surface area contributed by atoms with E-state index in [4.69, 9.17) is 21.4 Å². The van der Waals surface area contributed by atoms with Crippen LogP contribution in [0, 0.1) is 5.82 Å². The number of ether oxygens (including phenoxy) is 1. The molecule has 0 fully saturated rings. The highest BCUT2D eigenvalue weighted by Gasteiger charge is 2.50. The number of aliphatic hydroxyl groups excluding tert-OH is 1. The van der Waals surface area contributed by atoms with E-state index >= 15 is 0 Å². The summed E-state index contributed by atoms with van der Waals surface area (Å²) in [6, 6.07) is 11.9. The predicted octanol–water partition coefficient (Wildman–Crippen LogP) is 5.34. The second-order valence-corrected chi connectivity index (χ2v) is 7.67. The van der Waals surface area contributed by atoms with Crippen LogP contribution in [0.1, 0.15) is 42.9 Å². The summed E-state index contributed by atoms with van der Waals surface area (Å²) in [6.45, 7) is 0. The fourth-order valence-corrected chi connectivity index (χ4v) is 4.40. The second-order valence-electron chi connectivity index (χ2n) is 7.24. The predicted molar refractivity (Wildman–Crippen MR) is 102 cm³/mol. The summed E-state index contributed by atoms with van der Waals surface area (Å²) < 4.78 is 19.7. The van der Waals surface area contributed by atoms with Crippen molar-refractivity contribution < 1.29 is 14.2 Å². The van der Waals surface area contributed by atoms with Crippen LogP contribution in [0.5, 0.6) is 5.75 Å². The van der Waals surface area contributed by atoms with E-state index in [0.29, 0.717) is 23.6 Å². The number of benzene rings is 2. The lowest BCUT2D eigenvalue weighted by atomic mass is 9.90. The lowest BCUT2D eigenvalue weighted by Crippen LogP contribution is -2.53. The average molecular weight is 385 g/mol. The van der Waals surface area contributed by atoms with Crippen LogP contribution >= 0.6 is 11.6 Å². The van der Waals surface area contributed by atoms with E-state index in [2.05, 4.69) is 0 Å². The van der Waals surface area contributed by atoms with E-state index < -0.39 is 5.72 Å². The number of allylic oxidation sites excluding steroid dienone is 1. The highest BCUT2D eigenvalue weighted by molar-refractivity contribution is 6.30. The van der Waals surface area contributed by atoms with Gasteiger partial charge in [-0.05, 0) is 42.3 Å². The Labute approximate surface area is 161 Å². The molecule has 6 heteroatoms. The van der Waals surface area contributed by atoms with E-state index in [1.165, 1.54) is 12.1 Å². The molecule has 2 aromatic rings. The summed E-state index contributed by atoms with van der Waals surface area (Å²) >= 11 is 6.23. The van der Waals surface area contributed by atoms with Crippen LogP contribution in [0.2, 0.25) is 5.02 Å². The van der Waals surface area contributed by atoms with Crippen LogP contribution in [0.4, 0.5) is 4.39 Å². The molecule has 2 heterocycles. The number of hydrogen-bond donors (Lipinski definition) is 1. The molecular formula is C21H18ClFN2O2. The Hall–Kier alpha value is -2.53. The van der Waals surface area contributed by atoms with Crippen molar-refractivity contribution in [3.63, 3.8) is 0 Å². The Kier molecular flexibility index (Phi) is 3.69. The number of aliphatic hydroxyl groups is 1. The fourth-order valence-electron chi connectivity index (χ4n) is 4.22. The molecule has 0 amide bonds. The number of fused-ring (bicyclic) bond motifs is 4. The average Bonchev–Trinajstić information content (AvgIpc) is 3.10. The number of nitrogens with zero attached hydrogens (tertiary/aromatic N) is 2. The number of hydrazone groups is 1. The Morgan fingerprint density at radius 1 is 1.22 bits per heavy atom. The third-order valence-electron chi connectivity index (χ3n) is 5.45. The van der Waals surface area contributed by atoms with Gasteiger partial charge in [0.05, 0.1) is 17.5 Å². The fraction of sp³-hybridized carbons (Fsp3) is 0.286. The molecule has 0 saturated heterocycles. The minimum absolute atomic E-state index is 0.0466. The zero-order valence-electron chi connectivity index (χ0n) is 14.5. The lowest BCUT2D eigenvalue weighted by molar-refractivity contribution is -0.0944. The molecule has 3 aliphatic rings. The van der Waals surface area contributed by atoms with Crippen molar-refractivity contribution in [1.82, 2.24) is 5.01 Å². The Balaban J connectivity index is 1.64. The van der Waals surface area contributed by atoms with Gasteiger partial charge in [-0.25, -0.2) is 9.40 Å². The molecule has 0 bridgehead atoms. The minimum Gasteiger partial charge on any atom is -0.512 e. The van der Waals surface area contributed by atoms with Crippen molar-refractivity contribution in [1.29, 1.82) is 0 Å². The van der Waals surface area contributed by atoms with Gasteiger partial charge in [0, 0.05) is 35.9 Å². The van der Waals surface area contributed by atoms with Gasteiger partial charge in [0.15, 0.2) is 0 Å². The summed E-state index contributed by atoms with van der Waals surface area (Å²) in [7, 11) is 0. The first kappa shape index (κ1) is 16.6. The lowest BCUT2D eigenvalue weighted by Gasteiger charge is -2.47. The Morgan fingerprint density at radius 3 is 2.81 bits per heavy atom. The molecular weight excluding hydrogens is 367 g/mol. The van der Waals surface area contributed by atoms with Crippen LogP contribution in [0.3, 0.4) is 0 Å². The van der Waals surface area contributed by atoms with Gasteiger partial charge in [-0.15, -0.1) is 0 Å². The summed E-state index contributed by atoms with van der Waals surface area (Å²) in [5.41, 5.74) is 1.92. The molecule has 27 heavy (non-hydrogen) atoms. The summed E-state index contributed by atoms with van der Waals surface area (Å²) in [5, 5.41) is 17.6. The van der Waals surface area contributed by atoms with E-state index in [0.717, 1.165) is 35.4 Å². The Bertz CT molecular complexity index is 973. The zero-order chi connectivity index (χ0) is 18.6. The van der Waals surface area contributed by atoms with Gasteiger partial charge in [-0.1, -0.05) is 23.7 Å². The molecule has 4 nitrogen and oxygen atoms in total. The maximum absolute atomic E-state index is 13.3. The van der Waals surface area contributed by atoms with Gasteiger partial charge in [0.1, 0.15) is 11.6 Å². The zero-order valence-corrected chi connectivity index (χ0v) is 15.3. The van der Waals surface area contributed by atoms with E-state index in [1.807, 2.05) is 23.2 Å². The maximum Gasteiger partial charge on any atom is 0.220 e. The van der Waals surface area contributed by atoms with Crippen LogP contribution in [-0.2, 0) is 0 Å². The van der Waals surface area contributed by atoms with Crippen molar-refractivity contribution in [3.05, 3.63) is 76.3 Å². The molecule has 2 aliphatic heterocycles. The molecule has 1 spiro atoms. The molecule has 2 aromatic carbocycles. The first-order chi connectivity index (χ1) is 13.0. The van der Waals surface area contributed by atoms with Gasteiger partial charge in [0.25, 0.3) is 0 Å². The number of rotatable bonds is 1. The SMILES string of the molecule is OC1=CC2(CCC1)Oc1ccc(Cl)cc1C1CC(c3ccc(F)cc3)=NN12. The molecule has 0 radical (unpaired) electrons. The van der Waals surface area contributed by atoms with Crippen molar-refractivity contribution in [2.75, 3.05) is 0 Å². The van der Waals surface area contributed by atoms with E-state index in [1.54, 1.807) is 18.2 Å². The van der Waals surface area contributed by atoms with Crippen LogP contribution in [0.25, 0.3) is 0 Å². The molecule has 5 rings (SSSR count). The standard InChI is InChI=1S/C21H18ClFN2O2/c22-14-5-8-20-17(10-14)19-11-18(13-3-6-15(23)7-4-13)24-25(19)21(27-20)9-1-2-16(26)12-21/h3-8,10,12,19,26H,1-2,9,11H2. The molecule has 0 saturated carbocycles. The normalized spacial score (nSPS) is 26.1. The third-order valence-corrected chi connectivity index (χ3v) is 5.69. The highest BCUT2D eigenvalue weighted by atomic mass is 35.5. The van der Waals surface area contributed by atoms with Crippen LogP contribution < -0.4 is 4.74 Å². The first-order valence-corrected chi connectivity index (χ1v) is 9.44. The van der Waals surface area contributed by atoms with Crippen molar-refractivity contribution >= 4 is 17.3 Å². The summed E-state index contributed by atoms with van der Waals surface area (Å²) in [4.78, 5) is 0. The van der Waals surface area contributed by atoms with E-state index in [-0.39, 0.29) is 11.9 Å². The topological polar surface area (TPSA) is 45.1 Å². The van der Waals surface area contributed by atoms with Gasteiger partial charge in [0.2, 0.25) is 5.72 Å². The van der Waals surface area contributed by atoms with Crippen LogP contribution in [0.15, 0.2) is 59.4 Å². The van der Waals surface area contributed by atoms with Crippen molar-refractivity contribution in [2.45, 2.75) is 37.5 Å². The van der Waals surface area contributed by atoms with E-state index in [9.17, 15) is 9.50 Å². The number of halogens is 2. The minimum atomic E-state index is -0.810. The largest absolute Gasteiger partial charge is 0.512 e. The molecule has 2 atom stereocenters. The third kappa shape index (κ3) is 2.69. The van der Waals surface area contributed by atoms with Gasteiger partial charge >= 0.3 is 0 Å². The highest BCUT2D eigenvalue weighted by Crippen LogP contribution is 2.50. The summed E-state index contributed by atoms with van der Waals surface area (Å²) in [6.07, 6.45) is 4.63. The molecule has 1 aliphatic carbocycles. The molecule has 0 aromatic heterocycles. The van der Waals surface area contributed by atoms with Crippen molar-refractivity contribution in [3.8, 4) is 5.75 Å². The van der Waals surface area contributed by atoms with Crippen molar-refractivity contribution in [2.24, 2.45) is 5.10 Å². The monoisotopic (exact) mass is 384 g/mol. The van der Waals surface area contributed by atoms with Crippen LogP contribution in [-0.4, -0.2) is 21.6 Å². The van der Waals surface area contributed by atoms with Gasteiger partial charge < -0.3 is 9.84 Å². The first-order valence-electron chi connectivity index (χ1n) is 9.06. The quantitative estimate of drug-likeness (QED) is 0.721. The Morgan fingerprint density at radius 2 is 2.04 bits per heavy atom. The smallest absolute Gasteiger partial charge is 0.220 e. The van der Waals surface area contributed by atoms with Gasteiger partial charge in [-0.2, -0.15) is 5.10 Å². The number of hydrogen-bond acceptors (Lipinski definition) is 4. The summed E-state index contributed by atoms with van der Waals surface area (Å²) in [5.74, 6) is 0.817. The maximum atomic E-state index is 13.3.